The van der Waals surface area contributed by atoms with Gasteiger partial charge in [-0.15, -0.1) is 0 Å². The Morgan fingerprint density at radius 1 is 1.14 bits per heavy atom. The highest BCUT2D eigenvalue weighted by Crippen LogP contribution is 2.31. The topological polar surface area (TPSA) is 16.1 Å². The van der Waals surface area contributed by atoms with Crippen LogP contribution in [0.15, 0.2) is 72.6 Å². The average Bonchev–Trinajstić information content (AvgIpc) is 3.17. The van der Waals surface area contributed by atoms with E-state index in [1.807, 2.05) is 12.1 Å². The van der Waals surface area contributed by atoms with Crippen molar-refractivity contribution in [2.45, 2.75) is 37.9 Å². The van der Waals surface area contributed by atoms with E-state index in [2.05, 4.69) is 52.5 Å². The first kappa shape index (κ1) is 19.5. The SMILES string of the molecule is FC(F)(F)c1ccc(Cc2cccc(/C=C3\CCC(N4C=CC=CC4)C3)c2)nc1. The maximum Gasteiger partial charge on any atom is 0.417 e. The van der Waals surface area contributed by atoms with Crippen LogP contribution in [0, 0.1) is 0 Å². The third-order valence-electron chi connectivity index (χ3n) is 5.47. The predicted molar refractivity (Wildman–Crippen MR) is 109 cm³/mol. The van der Waals surface area contributed by atoms with E-state index in [0.29, 0.717) is 18.2 Å². The molecule has 29 heavy (non-hydrogen) atoms. The first-order chi connectivity index (χ1) is 14.0. The highest BCUT2D eigenvalue weighted by atomic mass is 19.4. The zero-order chi connectivity index (χ0) is 20.3. The van der Waals surface area contributed by atoms with Gasteiger partial charge >= 0.3 is 6.18 Å². The van der Waals surface area contributed by atoms with Crippen molar-refractivity contribution in [1.82, 2.24) is 9.88 Å². The van der Waals surface area contributed by atoms with Crippen molar-refractivity contribution in [1.29, 1.82) is 0 Å². The zero-order valence-corrected chi connectivity index (χ0v) is 16.1. The van der Waals surface area contributed by atoms with E-state index in [1.165, 1.54) is 18.1 Å². The minimum absolute atomic E-state index is 0.517. The van der Waals surface area contributed by atoms with Gasteiger partial charge in [-0.3, -0.25) is 4.98 Å². The molecule has 0 spiro atoms. The number of allylic oxidation sites excluding steroid dienone is 2. The molecule has 5 heteroatoms. The molecule has 0 amide bonds. The second-order valence-corrected chi connectivity index (χ2v) is 7.62. The van der Waals surface area contributed by atoms with Gasteiger partial charge in [0.05, 0.1) is 5.56 Å². The lowest BCUT2D eigenvalue weighted by Gasteiger charge is -2.27. The van der Waals surface area contributed by atoms with Crippen LogP contribution in [0.1, 0.15) is 41.6 Å². The van der Waals surface area contributed by atoms with E-state index in [9.17, 15) is 13.2 Å². The lowest BCUT2D eigenvalue weighted by atomic mass is 10.0. The van der Waals surface area contributed by atoms with E-state index in [0.717, 1.165) is 42.8 Å². The molecular formula is C24H23F3N2. The summed E-state index contributed by atoms with van der Waals surface area (Å²) in [6.07, 6.45) is 11.2. The van der Waals surface area contributed by atoms with Gasteiger partial charge < -0.3 is 4.90 Å². The number of nitrogens with zero attached hydrogens (tertiary/aromatic N) is 2. The van der Waals surface area contributed by atoms with Crippen LogP contribution in [0.5, 0.6) is 0 Å². The van der Waals surface area contributed by atoms with Crippen LogP contribution in [-0.4, -0.2) is 22.5 Å². The third kappa shape index (κ3) is 4.97. The van der Waals surface area contributed by atoms with Crippen LogP contribution < -0.4 is 0 Å². The second kappa shape index (κ2) is 8.27. The molecule has 1 aromatic heterocycles. The lowest BCUT2D eigenvalue weighted by Crippen LogP contribution is -2.29. The quantitative estimate of drug-likeness (QED) is 0.629. The summed E-state index contributed by atoms with van der Waals surface area (Å²) in [5, 5.41) is 0. The summed E-state index contributed by atoms with van der Waals surface area (Å²) in [6.45, 7) is 0.976. The highest BCUT2D eigenvalue weighted by Gasteiger charge is 2.30. The fraction of sp³-hybridized carbons (Fsp3) is 0.292. The number of hydrogen-bond acceptors (Lipinski definition) is 2. The second-order valence-electron chi connectivity index (χ2n) is 7.62. The number of rotatable bonds is 4. The fourth-order valence-electron chi connectivity index (χ4n) is 3.96. The molecule has 1 unspecified atom stereocenters. The Bertz CT molecular complexity index is 939. The van der Waals surface area contributed by atoms with Crippen molar-refractivity contribution < 1.29 is 13.2 Å². The summed E-state index contributed by atoms with van der Waals surface area (Å²) in [4.78, 5) is 6.38. The summed E-state index contributed by atoms with van der Waals surface area (Å²) in [5.74, 6) is 0. The van der Waals surface area contributed by atoms with Gasteiger partial charge in [-0.1, -0.05) is 48.1 Å². The Morgan fingerprint density at radius 3 is 2.76 bits per heavy atom. The Hall–Kier alpha value is -2.82. The molecule has 2 aromatic rings. The normalized spacial score (nSPS) is 20.6. The van der Waals surface area contributed by atoms with Crippen molar-refractivity contribution in [2.75, 3.05) is 6.54 Å². The number of pyridine rings is 1. The summed E-state index contributed by atoms with van der Waals surface area (Å²) in [6, 6.07) is 11.3. The molecule has 2 nitrogen and oxygen atoms in total. The van der Waals surface area contributed by atoms with Gasteiger partial charge in [0.25, 0.3) is 0 Å². The molecule has 1 atom stereocenters. The zero-order valence-electron chi connectivity index (χ0n) is 16.1. The van der Waals surface area contributed by atoms with Gasteiger partial charge in [-0.05, 0) is 54.8 Å². The van der Waals surface area contributed by atoms with E-state index in [-0.39, 0.29) is 0 Å². The molecular weight excluding hydrogens is 373 g/mol. The van der Waals surface area contributed by atoms with Crippen molar-refractivity contribution in [3.05, 3.63) is 95.0 Å². The number of aromatic nitrogens is 1. The molecule has 1 aliphatic carbocycles. The number of benzene rings is 1. The van der Waals surface area contributed by atoms with Gasteiger partial charge in [0.1, 0.15) is 0 Å². The van der Waals surface area contributed by atoms with E-state index >= 15 is 0 Å². The molecule has 4 rings (SSSR count). The molecule has 0 N–H and O–H groups in total. The van der Waals surface area contributed by atoms with Crippen LogP contribution in [0.4, 0.5) is 13.2 Å². The summed E-state index contributed by atoms with van der Waals surface area (Å²) in [5.41, 5.74) is 3.55. The van der Waals surface area contributed by atoms with Gasteiger partial charge in [-0.25, -0.2) is 0 Å². The van der Waals surface area contributed by atoms with Crippen molar-refractivity contribution >= 4 is 6.08 Å². The maximum atomic E-state index is 12.7. The van der Waals surface area contributed by atoms with Crippen LogP contribution >= 0.6 is 0 Å². The minimum atomic E-state index is -4.35. The van der Waals surface area contributed by atoms with Gasteiger partial charge in [-0.2, -0.15) is 13.2 Å². The Kier molecular flexibility index (Phi) is 5.56. The molecule has 1 fully saturated rings. The fourth-order valence-corrected chi connectivity index (χ4v) is 3.96. The number of alkyl halides is 3. The largest absolute Gasteiger partial charge is 0.417 e. The highest BCUT2D eigenvalue weighted by molar-refractivity contribution is 5.55. The number of halogens is 3. The van der Waals surface area contributed by atoms with E-state index in [4.69, 9.17) is 0 Å². The summed E-state index contributed by atoms with van der Waals surface area (Å²) < 4.78 is 38.0. The third-order valence-corrected chi connectivity index (χ3v) is 5.47. The smallest absolute Gasteiger partial charge is 0.370 e. The molecule has 2 heterocycles. The van der Waals surface area contributed by atoms with E-state index in [1.54, 1.807) is 0 Å². The molecule has 0 bridgehead atoms. The molecule has 150 valence electrons. The molecule has 1 aromatic carbocycles. The van der Waals surface area contributed by atoms with E-state index < -0.39 is 11.7 Å². The lowest BCUT2D eigenvalue weighted by molar-refractivity contribution is -0.137. The van der Waals surface area contributed by atoms with Crippen LogP contribution in [0.3, 0.4) is 0 Å². The maximum absolute atomic E-state index is 12.7. The summed E-state index contributed by atoms with van der Waals surface area (Å²) >= 11 is 0. The molecule has 1 saturated carbocycles. The standard InChI is InChI=1S/C24H23F3N2/c25-24(26,27)21-8-9-22(28-17-21)15-19-6-4-5-18(13-19)14-20-7-10-23(16-20)29-11-2-1-3-12-29/h1-6,8-9,11,13-14,17,23H,7,10,12,15-16H2/b20-14+. The van der Waals surface area contributed by atoms with Gasteiger partial charge in [0, 0.05) is 30.9 Å². The van der Waals surface area contributed by atoms with Gasteiger partial charge in [0.15, 0.2) is 0 Å². The monoisotopic (exact) mass is 396 g/mol. The molecule has 0 saturated heterocycles. The van der Waals surface area contributed by atoms with Crippen LogP contribution in [0.2, 0.25) is 0 Å². The average molecular weight is 396 g/mol. The van der Waals surface area contributed by atoms with Gasteiger partial charge in [0.2, 0.25) is 0 Å². The minimum Gasteiger partial charge on any atom is -0.370 e. The van der Waals surface area contributed by atoms with Crippen LogP contribution in [-0.2, 0) is 12.6 Å². The first-order valence-corrected chi connectivity index (χ1v) is 9.87. The number of hydrogen-bond donors (Lipinski definition) is 0. The Morgan fingerprint density at radius 2 is 2.03 bits per heavy atom. The van der Waals surface area contributed by atoms with Crippen molar-refractivity contribution in [3.63, 3.8) is 0 Å². The molecule has 0 radical (unpaired) electrons. The predicted octanol–water partition coefficient (Wildman–Crippen LogP) is 6.01. The Balaban J connectivity index is 1.42. The Labute approximate surface area is 169 Å². The first-order valence-electron chi connectivity index (χ1n) is 9.87. The van der Waals surface area contributed by atoms with Crippen molar-refractivity contribution in [2.24, 2.45) is 0 Å². The van der Waals surface area contributed by atoms with Crippen molar-refractivity contribution in [3.8, 4) is 0 Å². The molecule has 2 aliphatic rings. The molecule has 1 aliphatic heterocycles. The van der Waals surface area contributed by atoms with Crippen LogP contribution in [0.25, 0.3) is 6.08 Å². The summed E-state index contributed by atoms with van der Waals surface area (Å²) in [7, 11) is 0.